The molecule has 0 heterocycles. The molecule has 0 spiro atoms. The molecule has 0 aliphatic heterocycles. The van der Waals surface area contributed by atoms with Gasteiger partial charge in [0.25, 0.3) is 0 Å². The number of anilines is 1. The molecule has 2 aromatic rings. The second kappa shape index (κ2) is 8.42. The number of halogens is 1. The largest absolute Gasteiger partial charge is 0.378 e. The molecule has 0 amide bonds. The maximum Gasteiger partial charge on any atom is 0.182 e. The van der Waals surface area contributed by atoms with Crippen molar-refractivity contribution in [3.8, 4) is 0 Å². The van der Waals surface area contributed by atoms with Crippen LogP contribution < -0.4 is 5.32 Å². The second-order valence-electron chi connectivity index (χ2n) is 6.06. The monoisotopic (exact) mass is 341 g/mol. The summed E-state index contributed by atoms with van der Waals surface area (Å²) in [6.07, 6.45) is 1.79. The van der Waals surface area contributed by atoms with E-state index in [9.17, 15) is 9.18 Å². The summed E-state index contributed by atoms with van der Waals surface area (Å²) < 4.78 is 12.9. The zero-order valence-corrected chi connectivity index (χ0v) is 15.1. The summed E-state index contributed by atoms with van der Waals surface area (Å²) >= 11 is 0. The van der Waals surface area contributed by atoms with Crippen LogP contribution in [0.2, 0.25) is 0 Å². The van der Waals surface area contributed by atoms with Crippen molar-refractivity contribution in [3.63, 3.8) is 0 Å². The van der Waals surface area contributed by atoms with Crippen LogP contribution in [0, 0.1) is 19.7 Å². The van der Waals surface area contributed by atoms with E-state index >= 15 is 0 Å². The third kappa shape index (κ3) is 5.14. The lowest BCUT2D eigenvalue weighted by molar-refractivity contribution is 0.101. The Morgan fingerprint density at radius 3 is 2.52 bits per heavy atom. The molecule has 0 aliphatic carbocycles. The molecule has 132 valence electrons. The smallest absolute Gasteiger partial charge is 0.182 e. The van der Waals surface area contributed by atoms with Gasteiger partial charge in [-0.3, -0.25) is 4.79 Å². The fourth-order valence-electron chi connectivity index (χ4n) is 2.33. The molecule has 0 radical (unpaired) electrons. The molecule has 0 saturated carbocycles. The number of rotatable bonds is 7. The van der Waals surface area contributed by atoms with Gasteiger partial charge in [-0.15, -0.1) is 0 Å². The average Bonchev–Trinajstić information content (AvgIpc) is 2.61. The van der Waals surface area contributed by atoms with Crippen molar-refractivity contribution in [1.29, 1.82) is 0 Å². The van der Waals surface area contributed by atoms with Gasteiger partial charge in [0.05, 0.1) is 18.6 Å². The molecule has 0 bridgehead atoms. The number of benzene rings is 2. The molecule has 0 fully saturated rings. The van der Waals surface area contributed by atoms with Crippen molar-refractivity contribution >= 4 is 23.5 Å². The van der Waals surface area contributed by atoms with Gasteiger partial charge in [0.2, 0.25) is 0 Å². The van der Waals surface area contributed by atoms with Crippen molar-refractivity contribution in [2.75, 3.05) is 25.5 Å². The molecule has 0 atom stereocenters. The van der Waals surface area contributed by atoms with Gasteiger partial charge >= 0.3 is 0 Å². The molecule has 25 heavy (non-hydrogen) atoms. The maximum absolute atomic E-state index is 12.9. The summed E-state index contributed by atoms with van der Waals surface area (Å²) in [5.41, 5.74) is 4.10. The van der Waals surface area contributed by atoms with Gasteiger partial charge in [0.1, 0.15) is 5.82 Å². The number of nitrogens with one attached hydrogen (secondary N) is 1. The Kier molecular flexibility index (Phi) is 6.28. The highest BCUT2D eigenvalue weighted by atomic mass is 19.1. The molecule has 1 N–H and O–H groups in total. The Hall–Kier alpha value is -2.69. The predicted molar refractivity (Wildman–Crippen MR) is 102 cm³/mol. The molecular formula is C20H24FN3O. The van der Waals surface area contributed by atoms with Crippen LogP contribution >= 0.6 is 0 Å². The van der Waals surface area contributed by atoms with Crippen LogP contribution in [0.4, 0.5) is 15.8 Å². The first-order valence-corrected chi connectivity index (χ1v) is 8.29. The fraction of sp³-hybridized carbons (Fsp3) is 0.300. The molecule has 0 aliphatic rings. The maximum atomic E-state index is 12.9. The minimum absolute atomic E-state index is 0.00821. The normalized spacial score (nSPS) is 10.9. The average molecular weight is 341 g/mol. The minimum atomic E-state index is -0.298. The van der Waals surface area contributed by atoms with Gasteiger partial charge in [-0.25, -0.2) is 9.38 Å². The van der Waals surface area contributed by atoms with E-state index in [0.29, 0.717) is 11.3 Å². The summed E-state index contributed by atoms with van der Waals surface area (Å²) in [4.78, 5) is 19.0. The second-order valence-corrected chi connectivity index (χ2v) is 6.06. The van der Waals surface area contributed by atoms with Crippen molar-refractivity contribution in [3.05, 3.63) is 58.9 Å². The number of carbonyl (C=O) groups is 1. The van der Waals surface area contributed by atoms with E-state index in [4.69, 9.17) is 0 Å². The molecule has 0 saturated heterocycles. The SMILES string of the molecule is CCN(C)/C=N/c1cc(C)c(C(=O)CNc2ccc(F)cc2)cc1C. The summed E-state index contributed by atoms with van der Waals surface area (Å²) in [7, 11) is 1.96. The molecular weight excluding hydrogens is 317 g/mol. The number of aryl methyl sites for hydroxylation is 2. The third-order valence-electron chi connectivity index (χ3n) is 4.03. The lowest BCUT2D eigenvalue weighted by atomic mass is 10.0. The van der Waals surface area contributed by atoms with E-state index in [-0.39, 0.29) is 18.1 Å². The van der Waals surface area contributed by atoms with E-state index < -0.39 is 0 Å². The number of nitrogens with zero attached hydrogens (tertiary/aromatic N) is 2. The van der Waals surface area contributed by atoms with E-state index in [1.807, 2.05) is 37.9 Å². The van der Waals surface area contributed by atoms with Crippen molar-refractivity contribution in [2.45, 2.75) is 20.8 Å². The van der Waals surface area contributed by atoms with Crippen LogP contribution in [0.15, 0.2) is 41.4 Å². The van der Waals surface area contributed by atoms with Gasteiger partial charge in [-0.05, 0) is 68.3 Å². The predicted octanol–water partition coefficient (Wildman–Crippen LogP) is 4.35. The summed E-state index contributed by atoms with van der Waals surface area (Å²) in [5.74, 6) is -0.306. The van der Waals surface area contributed by atoms with E-state index in [1.54, 1.807) is 18.5 Å². The Bertz CT molecular complexity index is 769. The summed E-state index contributed by atoms with van der Waals surface area (Å²) in [5, 5.41) is 3.03. The van der Waals surface area contributed by atoms with Crippen molar-refractivity contribution in [2.24, 2.45) is 4.99 Å². The van der Waals surface area contributed by atoms with E-state index in [2.05, 4.69) is 17.2 Å². The fourth-order valence-corrected chi connectivity index (χ4v) is 2.33. The first kappa shape index (κ1) is 18.6. The highest BCUT2D eigenvalue weighted by Gasteiger charge is 2.11. The number of carbonyl (C=O) groups excluding carboxylic acids is 1. The van der Waals surface area contributed by atoms with Crippen LogP contribution in [-0.2, 0) is 0 Å². The summed E-state index contributed by atoms with van der Waals surface area (Å²) in [6, 6.07) is 9.76. The number of ketones is 1. The molecule has 2 aromatic carbocycles. The number of hydrogen-bond donors (Lipinski definition) is 1. The summed E-state index contributed by atoms with van der Waals surface area (Å²) in [6.45, 7) is 6.95. The quantitative estimate of drug-likeness (QED) is 0.463. The van der Waals surface area contributed by atoms with Crippen LogP contribution in [0.25, 0.3) is 0 Å². The van der Waals surface area contributed by atoms with Crippen molar-refractivity contribution in [1.82, 2.24) is 4.90 Å². The van der Waals surface area contributed by atoms with Gasteiger partial charge < -0.3 is 10.2 Å². The standard InChI is InChI=1S/C20H24FN3O/c1-5-24(4)13-23-19-11-14(2)18(10-15(19)3)20(25)12-22-17-8-6-16(21)7-9-17/h6-11,13,22H,5,12H2,1-4H3/b23-13+. The molecule has 5 heteroatoms. The van der Waals surface area contributed by atoms with E-state index in [0.717, 1.165) is 23.4 Å². The van der Waals surface area contributed by atoms with Crippen molar-refractivity contribution < 1.29 is 9.18 Å². The van der Waals surface area contributed by atoms with Crippen LogP contribution in [0.1, 0.15) is 28.4 Å². The Labute approximate surface area is 148 Å². The molecule has 0 unspecified atom stereocenters. The number of hydrogen-bond acceptors (Lipinski definition) is 3. The topological polar surface area (TPSA) is 44.7 Å². The Morgan fingerprint density at radius 1 is 1.20 bits per heavy atom. The Morgan fingerprint density at radius 2 is 1.88 bits per heavy atom. The zero-order chi connectivity index (χ0) is 18.4. The van der Waals surface area contributed by atoms with Crippen LogP contribution in [0.5, 0.6) is 0 Å². The van der Waals surface area contributed by atoms with Gasteiger partial charge in [-0.2, -0.15) is 0 Å². The molecule has 4 nitrogen and oxygen atoms in total. The van der Waals surface area contributed by atoms with Crippen LogP contribution in [0.3, 0.4) is 0 Å². The Balaban J connectivity index is 2.10. The third-order valence-corrected chi connectivity index (χ3v) is 4.03. The first-order valence-electron chi connectivity index (χ1n) is 8.29. The van der Waals surface area contributed by atoms with Crippen LogP contribution in [-0.4, -0.2) is 37.2 Å². The van der Waals surface area contributed by atoms with E-state index in [1.165, 1.54) is 12.1 Å². The zero-order valence-electron chi connectivity index (χ0n) is 15.1. The van der Waals surface area contributed by atoms with Gasteiger partial charge in [-0.1, -0.05) is 0 Å². The minimum Gasteiger partial charge on any atom is -0.378 e. The highest BCUT2D eigenvalue weighted by Crippen LogP contribution is 2.23. The number of Topliss-reactive ketones (excluding diaryl/α,β-unsaturated/α-hetero) is 1. The lowest BCUT2D eigenvalue weighted by Crippen LogP contribution is -2.15. The molecule has 0 aromatic heterocycles. The lowest BCUT2D eigenvalue weighted by Gasteiger charge is -2.12. The molecule has 2 rings (SSSR count). The number of aliphatic imine (C=N–C) groups is 1. The highest BCUT2D eigenvalue weighted by molar-refractivity contribution is 6.00. The van der Waals surface area contributed by atoms with Gasteiger partial charge in [0, 0.05) is 24.8 Å². The van der Waals surface area contributed by atoms with Gasteiger partial charge in [0.15, 0.2) is 5.78 Å². The first-order chi connectivity index (χ1) is 11.9.